The Labute approximate surface area is 123 Å². The molecule has 0 radical (unpaired) electrons. The van der Waals surface area contributed by atoms with E-state index in [1.165, 1.54) is 19.0 Å². The van der Waals surface area contributed by atoms with Gasteiger partial charge in [0.05, 0.1) is 31.4 Å². The van der Waals surface area contributed by atoms with Crippen LogP contribution in [0.5, 0.6) is 0 Å². The van der Waals surface area contributed by atoms with E-state index in [1.54, 1.807) is 0 Å². The molecule has 0 spiro atoms. The Morgan fingerprint density at radius 3 is 2.67 bits per heavy atom. The Kier molecular flexibility index (Phi) is 6.37. The SMILES string of the molecule is CN(C)S(=O)(=O)CCNC(=O)N1CCOCC1CC(=O)O. The summed E-state index contributed by atoms with van der Waals surface area (Å²) in [7, 11) is -0.538. The number of aliphatic carboxylic acids is 1. The number of carboxylic acids is 1. The van der Waals surface area contributed by atoms with Gasteiger partial charge < -0.3 is 20.1 Å². The molecule has 9 nitrogen and oxygen atoms in total. The Morgan fingerprint density at radius 2 is 2.10 bits per heavy atom. The minimum absolute atomic E-state index is 0.0313. The smallest absolute Gasteiger partial charge is 0.317 e. The number of sulfonamides is 1. The number of hydrogen-bond acceptors (Lipinski definition) is 5. The summed E-state index contributed by atoms with van der Waals surface area (Å²) in [4.78, 5) is 24.1. The fourth-order valence-electron chi connectivity index (χ4n) is 1.86. The summed E-state index contributed by atoms with van der Waals surface area (Å²) in [5.41, 5.74) is 0. The van der Waals surface area contributed by atoms with E-state index in [4.69, 9.17) is 9.84 Å². The predicted octanol–water partition coefficient (Wildman–Crippen LogP) is -1.24. The summed E-state index contributed by atoms with van der Waals surface area (Å²) in [5, 5.41) is 11.3. The van der Waals surface area contributed by atoms with Crippen molar-refractivity contribution in [1.29, 1.82) is 0 Å². The van der Waals surface area contributed by atoms with Gasteiger partial charge in [0.15, 0.2) is 0 Å². The molecule has 0 aliphatic carbocycles. The molecule has 122 valence electrons. The number of carbonyl (C=O) groups excluding carboxylic acids is 1. The molecule has 1 rings (SSSR count). The first kappa shape index (κ1) is 17.7. The monoisotopic (exact) mass is 323 g/mol. The second kappa shape index (κ2) is 7.57. The molecule has 1 unspecified atom stereocenters. The zero-order chi connectivity index (χ0) is 16.0. The van der Waals surface area contributed by atoms with Gasteiger partial charge in [0, 0.05) is 27.2 Å². The molecule has 1 atom stereocenters. The normalized spacial score (nSPS) is 19.6. The van der Waals surface area contributed by atoms with E-state index in [2.05, 4.69) is 5.32 Å². The van der Waals surface area contributed by atoms with Crippen LogP contribution >= 0.6 is 0 Å². The molecule has 1 fully saturated rings. The summed E-state index contributed by atoms with van der Waals surface area (Å²) in [6.45, 7) is 0.746. The molecule has 0 aromatic rings. The Balaban J connectivity index is 2.51. The minimum Gasteiger partial charge on any atom is -0.481 e. The Bertz CT molecular complexity index is 478. The summed E-state index contributed by atoms with van der Waals surface area (Å²) in [5.74, 6) is -1.22. The predicted molar refractivity (Wildman–Crippen MR) is 74.4 cm³/mol. The zero-order valence-corrected chi connectivity index (χ0v) is 12.9. The molecule has 2 amide bonds. The quantitative estimate of drug-likeness (QED) is 0.632. The van der Waals surface area contributed by atoms with Crippen molar-refractivity contribution in [3.8, 4) is 0 Å². The van der Waals surface area contributed by atoms with Crippen molar-refractivity contribution in [2.75, 3.05) is 46.2 Å². The number of ether oxygens (including phenoxy) is 1. The van der Waals surface area contributed by atoms with Crippen molar-refractivity contribution in [2.45, 2.75) is 12.5 Å². The fraction of sp³-hybridized carbons (Fsp3) is 0.818. The molecular weight excluding hydrogens is 302 g/mol. The standard InChI is InChI=1S/C11H21N3O6S/c1-13(2)21(18,19)6-3-12-11(17)14-4-5-20-8-9(14)7-10(15)16/h9H,3-8H2,1-2H3,(H,12,17)(H,15,16). The highest BCUT2D eigenvalue weighted by atomic mass is 32.2. The van der Waals surface area contributed by atoms with Crippen molar-refractivity contribution in [1.82, 2.24) is 14.5 Å². The van der Waals surface area contributed by atoms with E-state index >= 15 is 0 Å². The molecular formula is C11H21N3O6S. The lowest BCUT2D eigenvalue weighted by Crippen LogP contribution is -2.53. The van der Waals surface area contributed by atoms with Gasteiger partial charge in [0.25, 0.3) is 0 Å². The molecule has 1 aliphatic heterocycles. The highest BCUT2D eigenvalue weighted by molar-refractivity contribution is 7.89. The number of hydrogen-bond donors (Lipinski definition) is 2. The number of nitrogens with zero attached hydrogens (tertiary/aromatic N) is 2. The Morgan fingerprint density at radius 1 is 1.43 bits per heavy atom. The highest BCUT2D eigenvalue weighted by Crippen LogP contribution is 2.10. The Hall–Kier alpha value is -1.39. The lowest BCUT2D eigenvalue weighted by atomic mass is 10.1. The van der Waals surface area contributed by atoms with Gasteiger partial charge in [-0.25, -0.2) is 17.5 Å². The second-order valence-corrected chi connectivity index (χ2v) is 7.15. The van der Waals surface area contributed by atoms with Crippen LogP contribution in [0, 0.1) is 0 Å². The largest absolute Gasteiger partial charge is 0.481 e. The van der Waals surface area contributed by atoms with Crippen LogP contribution < -0.4 is 5.32 Å². The maximum Gasteiger partial charge on any atom is 0.317 e. The van der Waals surface area contributed by atoms with Crippen LogP contribution in [-0.2, 0) is 19.6 Å². The first-order valence-corrected chi connectivity index (χ1v) is 8.09. The summed E-state index contributed by atoms with van der Waals surface area (Å²) in [6.07, 6.45) is -0.205. The number of carboxylic acid groups (broad SMARTS) is 1. The summed E-state index contributed by atoms with van der Waals surface area (Å²) in [6, 6.07) is -1.01. The molecule has 0 bridgehead atoms. The number of rotatable bonds is 6. The number of urea groups is 1. The van der Waals surface area contributed by atoms with Gasteiger partial charge in [-0.15, -0.1) is 0 Å². The lowest BCUT2D eigenvalue weighted by molar-refractivity contribution is -0.139. The molecule has 21 heavy (non-hydrogen) atoms. The first-order valence-electron chi connectivity index (χ1n) is 6.48. The number of morpholine rings is 1. The van der Waals surface area contributed by atoms with Crippen molar-refractivity contribution >= 4 is 22.0 Å². The molecule has 0 saturated carbocycles. The molecule has 1 aliphatic rings. The van der Waals surface area contributed by atoms with Gasteiger partial charge in [0.2, 0.25) is 10.0 Å². The van der Waals surface area contributed by atoms with Gasteiger partial charge >= 0.3 is 12.0 Å². The molecule has 1 saturated heterocycles. The maximum atomic E-state index is 12.0. The average Bonchev–Trinajstić information content (AvgIpc) is 2.38. The lowest BCUT2D eigenvalue weighted by Gasteiger charge is -2.34. The van der Waals surface area contributed by atoms with Crippen molar-refractivity contribution < 1.29 is 27.9 Å². The van der Waals surface area contributed by atoms with E-state index in [1.807, 2.05) is 0 Å². The first-order chi connectivity index (χ1) is 9.74. The van der Waals surface area contributed by atoms with Crippen LogP contribution in [0.3, 0.4) is 0 Å². The number of nitrogens with one attached hydrogen (secondary N) is 1. The van der Waals surface area contributed by atoms with Crippen molar-refractivity contribution in [3.05, 3.63) is 0 Å². The minimum atomic E-state index is -3.38. The van der Waals surface area contributed by atoms with Gasteiger partial charge in [-0.2, -0.15) is 0 Å². The molecule has 0 aromatic heterocycles. The maximum absolute atomic E-state index is 12.0. The molecule has 1 heterocycles. The van der Waals surface area contributed by atoms with Crippen molar-refractivity contribution in [2.24, 2.45) is 0 Å². The second-order valence-electron chi connectivity index (χ2n) is 4.85. The summed E-state index contributed by atoms with van der Waals surface area (Å²) < 4.78 is 29.4. The van der Waals surface area contributed by atoms with E-state index in [9.17, 15) is 18.0 Å². The topological polar surface area (TPSA) is 116 Å². The fourth-order valence-corrected chi connectivity index (χ4v) is 2.59. The summed E-state index contributed by atoms with van der Waals surface area (Å²) >= 11 is 0. The molecule has 0 aromatic carbocycles. The van der Waals surface area contributed by atoms with Gasteiger partial charge in [-0.3, -0.25) is 4.79 Å². The molecule has 10 heteroatoms. The third-order valence-corrected chi connectivity index (χ3v) is 4.92. The number of amides is 2. The van der Waals surface area contributed by atoms with Gasteiger partial charge in [-0.05, 0) is 0 Å². The van der Waals surface area contributed by atoms with Crippen LogP contribution in [0.4, 0.5) is 4.79 Å². The average molecular weight is 323 g/mol. The third-order valence-electron chi connectivity index (χ3n) is 3.09. The van der Waals surface area contributed by atoms with E-state index < -0.39 is 28.1 Å². The van der Waals surface area contributed by atoms with Gasteiger partial charge in [0.1, 0.15) is 0 Å². The van der Waals surface area contributed by atoms with Crippen LogP contribution in [0.25, 0.3) is 0 Å². The van der Waals surface area contributed by atoms with Crippen LogP contribution in [0.15, 0.2) is 0 Å². The van der Waals surface area contributed by atoms with E-state index in [-0.39, 0.29) is 31.9 Å². The van der Waals surface area contributed by atoms with Crippen LogP contribution in [-0.4, -0.2) is 86.9 Å². The third kappa shape index (κ3) is 5.48. The van der Waals surface area contributed by atoms with Crippen LogP contribution in [0.2, 0.25) is 0 Å². The number of carbonyl (C=O) groups is 2. The van der Waals surface area contributed by atoms with Crippen LogP contribution in [0.1, 0.15) is 6.42 Å². The van der Waals surface area contributed by atoms with E-state index in [0.717, 1.165) is 4.31 Å². The highest BCUT2D eigenvalue weighted by Gasteiger charge is 2.29. The van der Waals surface area contributed by atoms with E-state index in [0.29, 0.717) is 6.61 Å². The molecule has 2 N–H and O–H groups in total. The zero-order valence-electron chi connectivity index (χ0n) is 12.1. The van der Waals surface area contributed by atoms with Gasteiger partial charge in [-0.1, -0.05) is 0 Å². The van der Waals surface area contributed by atoms with Crippen molar-refractivity contribution in [3.63, 3.8) is 0 Å².